The van der Waals surface area contributed by atoms with Crippen molar-refractivity contribution in [2.75, 3.05) is 0 Å². The molecule has 9 nitrogen and oxygen atoms in total. The number of unbranched alkanes of at least 4 members (excludes halogenated alkanes) is 28. The Morgan fingerprint density at radius 1 is 0.510 bits per heavy atom. The molecule has 4 atom stereocenters. The molecule has 51 heavy (non-hydrogen) atoms. The first-order valence-corrected chi connectivity index (χ1v) is 21.1. The summed E-state index contributed by atoms with van der Waals surface area (Å²) < 4.78 is 0. The molecule has 0 saturated heterocycles. The highest BCUT2D eigenvalue weighted by molar-refractivity contribution is 5.82. The lowest BCUT2D eigenvalue weighted by molar-refractivity contribution is -0.320. The number of hydrogen-bond acceptors (Lipinski definition) is 7. The number of quaternary nitrogens is 1. The molecular formula is C42H82N2O7. The molecule has 0 bridgehead atoms. The molecule has 0 unspecified atom stereocenters. The largest absolute Gasteiger partial charge is 0.547 e. The van der Waals surface area contributed by atoms with Crippen LogP contribution in [0.2, 0.25) is 0 Å². The number of carbonyl (C=O) groups is 2. The van der Waals surface area contributed by atoms with Crippen LogP contribution < -0.4 is 16.2 Å². The maximum Gasteiger partial charge on any atom is 0.255 e. The van der Waals surface area contributed by atoms with E-state index in [2.05, 4.69) is 31.0 Å². The molecule has 1 amide bonds. The third-order valence-corrected chi connectivity index (χ3v) is 9.47. The van der Waals surface area contributed by atoms with E-state index in [0.717, 1.165) is 19.3 Å². The molecule has 0 heterocycles. The molecule has 9 heteroatoms. The van der Waals surface area contributed by atoms with Gasteiger partial charge in [0, 0.05) is 0 Å². The summed E-state index contributed by atoms with van der Waals surface area (Å²) in [5.74, 6) is -3.03. The number of carbonyl (C=O) groups excluding carboxylic acids is 2. The highest BCUT2D eigenvalue weighted by atomic mass is 16.4. The average molecular weight is 727 g/mol. The zero-order valence-corrected chi connectivity index (χ0v) is 33.1. The number of carboxylic acid groups (broad SMARTS) is 1. The van der Waals surface area contributed by atoms with Crippen molar-refractivity contribution >= 4 is 11.9 Å². The highest BCUT2D eigenvalue weighted by Gasteiger charge is 2.34. The quantitative estimate of drug-likeness (QED) is 0.0367. The summed E-state index contributed by atoms with van der Waals surface area (Å²) in [6.07, 6.45) is 38.3. The molecule has 8 N–H and O–H groups in total. The number of hydrogen-bond donors (Lipinski definition) is 6. The van der Waals surface area contributed by atoms with Gasteiger partial charge in [-0.25, -0.2) is 0 Å². The molecule has 0 aliphatic rings. The first kappa shape index (κ1) is 51.3. The van der Waals surface area contributed by atoms with Gasteiger partial charge >= 0.3 is 0 Å². The zero-order chi connectivity index (χ0) is 38.2. The number of amides is 1. The number of aliphatic hydroxyl groups excluding tert-OH is 4. The van der Waals surface area contributed by atoms with E-state index >= 15 is 0 Å². The van der Waals surface area contributed by atoms with Crippen LogP contribution in [0.4, 0.5) is 0 Å². The van der Waals surface area contributed by atoms with Crippen molar-refractivity contribution in [3.05, 3.63) is 24.6 Å². The summed E-state index contributed by atoms with van der Waals surface area (Å²) in [4.78, 5) is 22.2. The van der Waals surface area contributed by atoms with Crippen molar-refractivity contribution in [1.82, 2.24) is 5.32 Å². The van der Waals surface area contributed by atoms with Gasteiger partial charge in [0.25, 0.3) is 5.91 Å². The summed E-state index contributed by atoms with van der Waals surface area (Å²) in [6, 6.07) is 0. The first-order valence-electron chi connectivity index (χ1n) is 21.1. The third kappa shape index (κ3) is 36.4. The van der Waals surface area contributed by atoms with Gasteiger partial charge in [-0.3, -0.25) is 4.79 Å². The summed E-state index contributed by atoms with van der Waals surface area (Å²) in [5, 5.41) is 50.5. The van der Waals surface area contributed by atoms with Crippen LogP contribution in [0.1, 0.15) is 206 Å². The lowest BCUT2D eigenvalue weighted by Crippen LogP contribution is -2.54. The second-order valence-corrected chi connectivity index (χ2v) is 14.3. The molecule has 0 aliphatic carbocycles. The maximum absolute atomic E-state index is 11.7. The number of rotatable bonds is 36. The number of allylic oxidation sites excluding steroid dienone is 2. The fourth-order valence-corrected chi connectivity index (χ4v) is 6.01. The van der Waals surface area contributed by atoms with Crippen LogP contribution in [0.3, 0.4) is 0 Å². The van der Waals surface area contributed by atoms with Gasteiger partial charge in [-0.05, 0) is 38.0 Å². The Bertz CT molecular complexity index is 808. The van der Waals surface area contributed by atoms with Crippen LogP contribution in [-0.4, -0.2) is 56.7 Å². The smallest absolute Gasteiger partial charge is 0.255 e. The van der Waals surface area contributed by atoms with Crippen molar-refractivity contribution in [1.29, 1.82) is 0 Å². The Labute approximate surface area is 313 Å². The Morgan fingerprint density at radius 3 is 1.12 bits per heavy atom. The topological polar surface area (TPSA) is 178 Å². The van der Waals surface area contributed by atoms with Gasteiger partial charge in [0.2, 0.25) is 0 Å². The van der Waals surface area contributed by atoms with Crippen molar-refractivity contribution in [2.45, 2.75) is 231 Å². The molecular weight excluding hydrogens is 644 g/mol. The van der Waals surface area contributed by atoms with Crippen LogP contribution in [0.5, 0.6) is 0 Å². The molecule has 0 radical (unpaired) electrons. The molecule has 0 fully saturated rings. The summed E-state index contributed by atoms with van der Waals surface area (Å²) in [5.41, 5.74) is 3.71. The van der Waals surface area contributed by atoms with Crippen molar-refractivity contribution < 1.29 is 40.9 Å². The monoisotopic (exact) mass is 727 g/mol. The lowest BCUT2D eigenvalue weighted by Gasteiger charge is -2.25. The molecule has 0 aromatic rings. The number of aliphatic hydroxyl groups is 4. The second kappa shape index (κ2) is 41.0. The zero-order valence-electron chi connectivity index (χ0n) is 33.1. The molecule has 0 rings (SSSR count). The van der Waals surface area contributed by atoms with Crippen molar-refractivity contribution in [2.24, 2.45) is 0 Å². The second-order valence-electron chi connectivity index (χ2n) is 14.3. The predicted molar refractivity (Wildman–Crippen MR) is 208 cm³/mol. The van der Waals surface area contributed by atoms with Gasteiger partial charge < -0.3 is 41.4 Å². The van der Waals surface area contributed by atoms with Gasteiger partial charge in [-0.2, -0.15) is 0 Å². The Hall–Kier alpha value is -1.78. The first-order chi connectivity index (χ1) is 24.7. The van der Waals surface area contributed by atoms with E-state index < -0.39 is 36.3 Å². The van der Waals surface area contributed by atoms with Crippen molar-refractivity contribution in [3.63, 3.8) is 0 Å². The van der Waals surface area contributed by atoms with E-state index in [9.17, 15) is 30.0 Å². The fourth-order valence-electron chi connectivity index (χ4n) is 6.01. The fraction of sp³-hybridized carbons (Fsp3) is 0.857. The lowest BCUT2D eigenvalue weighted by atomic mass is 10.0. The van der Waals surface area contributed by atoms with Crippen molar-refractivity contribution in [3.8, 4) is 0 Å². The van der Waals surface area contributed by atoms with Gasteiger partial charge in [-0.15, -0.1) is 0 Å². The molecule has 0 aliphatic heterocycles. The van der Waals surface area contributed by atoms with Crippen LogP contribution >= 0.6 is 0 Å². The molecule has 0 saturated carbocycles. The van der Waals surface area contributed by atoms with Crippen LogP contribution in [-0.2, 0) is 9.59 Å². The normalized spacial score (nSPS) is 13.9. The Kier molecular flexibility index (Phi) is 41.2. The molecule has 302 valence electrons. The minimum atomic E-state index is -2.41. The van der Waals surface area contributed by atoms with Gasteiger partial charge in [0.15, 0.2) is 6.10 Å². The summed E-state index contributed by atoms with van der Waals surface area (Å²) in [7, 11) is 0. The van der Waals surface area contributed by atoms with E-state index in [1.54, 1.807) is 6.08 Å². The van der Waals surface area contributed by atoms with E-state index in [4.69, 9.17) is 5.11 Å². The van der Waals surface area contributed by atoms with Gasteiger partial charge in [0.1, 0.15) is 18.3 Å². The Balaban J connectivity index is 0. The van der Waals surface area contributed by atoms with E-state index in [0.29, 0.717) is 0 Å². The highest BCUT2D eigenvalue weighted by Crippen LogP contribution is 2.15. The van der Waals surface area contributed by atoms with Crippen LogP contribution in [0.25, 0.3) is 0 Å². The predicted octanol–water partition coefficient (Wildman–Crippen LogP) is 7.29. The Morgan fingerprint density at radius 2 is 0.804 bits per heavy atom. The average Bonchev–Trinajstić information content (AvgIpc) is 3.13. The number of aliphatic carboxylic acids is 1. The minimum Gasteiger partial charge on any atom is -0.547 e. The van der Waals surface area contributed by atoms with E-state index in [1.807, 2.05) is 6.20 Å². The summed E-state index contributed by atoms with van der Waals surface area (Å²) in [6.45, 7) is 4.53. The molecule has 0 aromatic carbocycles. The van der Waals surface area contributed by atoms with Gasteiger partial charge in [0.05, 0.1) is 12.2 Å². The van der Waals surface area contributed by atoms with Crippen LogP contribution in [0, 0.1) is 0 Å². The molecule has 0 aromatic heterocycles. The number of carboxylic acids is 1. The molecule has 0 spiro atoms. The SMILES string of the molecule is CCCCCCCCCCCCCCCCC=CNC(=O)[C@@H](O)[C@H](O)[C@@H](O)[C@@H](O)C(=O)[O-].CCCCCCCCCCCCCCCCC=C[NH3+]. The van der Waals surface area contributed by atoms with Gasteiger partial charge in [-0.1, -0.05) is 187 Å². The van der Waals surface area contributed by atoms with E-state index in [1.165, 1.54) is 180 Å². The van der Waals surface area contributed by atoms with Crippen LogP contribution in [0.15, 0.2) is 24.6 Å². The minimum absolute atomic E-state index is 0.753. The van der Waals surface area contributed by atoms with E-state index in [-0.39, 0.29) is 0 Å². The summed E-state index contributed by atoms with van der Waals surface area (Å²) >= 11 is 0. The standard InChI is InChI=1S/C24H45NO7.C18H37N/c1-2-3-4-5-6-7-8-9-10-11-12-13-14-15-16-17-18-25-23(30)21(28)19(26)20(27)22(29)24(31)32;1-2-3-4-5-6-7-8-9-10-11-12-13-14-15-16-17-18-19/h17-22,26-29H,2-16H2,1H3,(H,25,30)(H,31,32);17-18H,2-16,19H2,1H3/t19-,20-,21+,22-;/m1./s1. The maximum atomic E-state index is 11.7. The third-order valence-electron chi connectivity index (χ3n) is 9.47. The number of nitrogens with one attached hydrogen (secondary N) is 1.